The van der Waals surface area contributed by atoms with Crippen LogP contribution in [0.5, 0.6) is 0 Å². The first-order valence-corrected chi connectivity index (χ1v) is 12.8. The van der Waals surface area contributed by atoms with Crippen LogP contribution >= 0.6 is 23.2 Å². The van der Waals surface area contributed by atoms with Gasteiger partial charge in [-0.1, -0.05) is 68.2 Å². The Morgan fingerprint density at radius 1 is 1.03 bits per heavy atom. The molecule has 2 aromatic carbocycles. The van der Waals surface area contributed by atoms with Crippen molar-refractivity contribution < 1.29 is 29.4 Å². The number of carboxylic acid groups (broad SMARTS) is 2. The van der Waals surface area contributed by atoms with Crippen LogP contribution in [0.25, 0.3) is 0 Å². The summed E-state index contributed by atoms with van der Waals surface area (Å²) in [6.07, 6.45) is 3.87. The van der Waals surface area contributed by atoms with E-state index < -0.39 is 40.6 Å². The summed E-state index contributed by atoms with van der Waals surface area (Å²) in [5.41, 5.74) is 0.147. The van der Waals surface area contributed by atoms with Gasteiger partial charge in [0.1, 0.15) is 6.04 Å². The fourth-order valence-corrected chi connectivity index (χ4v) is 5.45. The van der Waals surface area contributed by atoms with Gasteiger partial charge in [0, 0.05) is 24.1 Å². The molecule has 1 fully saturated rings. The van der Waals surface area contributed by atoms with Gasteiger partial charge < -0.3 is 20.8 Å². The Bertz CT molecular complexity index is 1250. The van der Waals surface area contributed by atoms with E-state index in [1.54, 1.807) is 48.5 Å². The molecular weight excluding hydrogens is 531 g/mol. The second kappa shape index (κ2) is 11.6. The van der Waals surface area contributed by atoms with E-state index in [2.05, 4.69) is 10.6 Å². The molecule has 2 amide bonds. The molecule has 1 aliphatic rings. The number of aliphatic carboxylic acids is 2. The van der Waals surface area contributed by atoms with Crippen molar-refractivity contribution in [3.63, 3.8) is 0 Å². The largest absolute Gasteiger partial charge is 0.480 e. The topological polar surface area (TPSA) is 133 Å². The molecule has 0 heterocycles. The second-order valence-corrected chi connectivity index (χ2v) is 11.1. The van der Waals surface area contributed by atoms with Crippen LogP contribution < -0.4 is 10.6 Å². The number of allylic oxidation sites excluding steroid dienone is 1. The van der Waals surface area contributed by atoms with Crippen LogP contribution in [0.3, 0.4) is 0 Å². The van der Waals surface area contributed by atoms with Gasteiger partial charge in [-0.3, -0.25) is 9.59 Å². The number of rotatable bonds is 9. The molecule has 1 unspecified atom stereocenters. The molecule has 0 aromatic heterocycles. The third kappa shape index (κ3) is 6.37. The first kappa shape index (κ1) is 29.2. The maximum Gasteiger partial charge on any atom is 0.327 e. The molecule has 10 heteroatoms. The molecule has 3 atom stereocenters. The minimum Gasteiger partial charge on any atom is -0.480 e. The van der Waals surface area contributed by atoms with Gasteiger partial charge >= 0.3 is 11.9 Å². The van der Waals surface area contributed by atoms with Crippen molar-refractivity contribution >= 4 is 52.6 Å². The Morgan fingerprint density at radius 3 is 2.18 bits per heavy atom. The highest BCUT2D eigenvalue weighted by molar-refractivity contribution is 6.40. The molecule has 2 aromatic rings. The number of benzene rings is 2. The molecule has 8 nitrogen and oxygen atoms in total. The Hall–Kier alpha value is -3.36. The first-order chi connectivity index (χ1) is 17.7. The third-order valence-electron chi connectivity index (χ3n) is 7.66. The summed E-state index contributed by atoms with van der Waals surface area (Å²) < 4.78 is 0. The average Bonchev–Trinajstić information content (AvgIpc) is 3.07. The van der Waals surface area contributed by atoms with E-state index in [1.165, 1.54) is 0 Å². The number of amides is 2. The fourth-order valence-electron chi connectivity index (χ4n) is 4.88. The van der Waals surface area contributed by atoms with E-state index in [-0.39, 0.29) is 27.9 Å². The maximum absolute atomic E-state index is 13.2. The number of carboxylic acids is 2. The SMILES string of the molecule is CC1(C)[C@@H](C(=O)NC(Cc2ccc(NC(=O)c3c(Cl)cccc3Cl)cc2)C(=O)O)CC[C@]1(C)C=CC(=O)O. The zero-order chi connectivity index (χ0) is 28.3. The summed E-state index contributed by atoms with van der Waals surface area (Å²) in [4.78, 5) is 48.8. The van der Waals surface area contributed by atoms with Crippen LogP contribution in [0.1, 0.15) is 49.5 Å². The molecule has 202 valence electrons. The molecule has 0 aliphatic heterocycles. The molecule has 0 spiro atoms. The van der Waals surface area contributed by atoms with Crippen molar-refractivity contribution in [1.82, 2.24) is 5.32 Å². The normalized spacial score (nSPS) is 21.1. The van der Waals surface area contributed by atoms with E-state index in [4.69, 9.17) is 28.3 Å². The Labute approximate surface area is 231 Å². The molecule has 0 saturated heterocycles. The highest BCUT2D eigenvalue weighted by atomic mass is 35.5. The summed E-state index contributed by atoms with van der Waals surface area (Å²) in [6.45, 7) is 5.71. The van der Waals surface area contributed by atoms with Crippen molar-refractivity contribution in [2.75, 3.05) is 5.32 Å². The maximum atomic E-state index is 13.2. The van der Waals surface area contributed by atoms with Gasteiger partial charge in [0.05, 0.1) is 15.6 Å². The highest BCUT2D eigenvalue weighted by Crippen LogP contribution is 2.56. The van der Waals surface area contributed by atoms with Gasteiger partial charge in [-0.25, -0.2) is 9.59 Å². The van der Waals surface area contributed by atoms with Crippen LogP contribution in [-0.4, -0.2) is 40.0 Å². The Kier molecular flexibility index (Phi) is 8.90. The summed E-state index contributed by atoms with van der Waals surface area (Å²) in [5.74, 6) is -3.57. The zero-order valence-corrected chi connectivity index (χ0v) is 22.8. The lowest BCUT2D eigenvalue weighted by Crippen LogP contribution is -2.48. The van der Waals surface area contributed by atoms with Crippen molar-refractivity contribution in [1.29, 1.82) is 0 Å². The number of carbonyl (C=O) groups is 4. The molecule has 1 saturated carbocycles. The quantitative estimate of drug-likeness (QED) is 0.302. The predicted octanol–water partition coefficient (Wildman–Crippen LogP) is 5.44. The third-order valence-corrected chi connectivity index (χ3v) is 8.29. The van der Waals surface area contributed by atoms with Crippen LogP contribution in [-0.2, 0) is 20.8 Å². The Balaban J connectivity index is 1.67. The van der Waals surface area contributed by atoms with Crippen LogP contribution in [0, 0.1) is 16.7 Å². The summed E-state index contributed by atoms with van der Waals surface area (Å²) in [7, 11) is 0. The van der Waals surface area contributed by atoms with E-state index in [0.29, 0.717) is 24.1 Å². The van der Waals surface area contributed by atoms with Crippen molar-refractivity contribution in [3.05, 3.63) is 75.8 Å². The van der Waals surface area contributed by atoms with E-state index in [1.807, 2.05) is 20.8 Å². The zero-order valence-electron chi connectivity index (χ0n) is 21.3. The number of nitrogens with one attached hydrogen (secondary N) is 2. The predicted molar refractivity (Wildman–Crippen MR) is 146 cm³/mol. The molecular formula is C28H30Cl2N2O6. The number of anilines is 1. The van der Waals surface area contributed by atoms with Gasteiger partial charge in [-0.2, -0.15) is 0 Å². The monoisotopic (exact) mass is 560 g/mol. The molecule has 0 bridgehead atoms. The highest BCUT2D eigenvalue weighted by Gasteiger charge is 2.53. The van der Waals surface area contributed by atoms with Crippen molar-refractivity contribution in [3.8, 4) is 0 Å². The lowest BCUT2D eigenvalue weighted by Gasteiger charge is -2.39. The van der Waals surface area contributed by atoms with Gasteiger partial charge in [0.2, 0.25) is 5.91 Å². The second-order valence-electron chi connectivity index (χ2n) is 10.3. The molecule has 4 N–H and O–H groups in total. The minimum atomic E-state index is -1.17. The van der Waals surface area contributed by atoms with Gasteiger partial charge in [-0.15, -0.1) is 0 Å². The number of carbonyl (C=O) groups excluding carboxylic acids is 2. The van der Waals surface area contributed by atoms with E-state index in [9.17, 15) is 24.3 Å². The summed E-state index contributed by atoms with van der Waals surface area (Å²) in [6, 6.07) is 10.2. The summed E-state index contributed by atoms with van der Waals surface area (Å²) in [5, 5.41) is 24.6. The van der Waals surface area contributed by atoms with Crippen molar-refractivity contribution in [2.45, 2.75) is 46.1 Å². The fraction of sp³-hybridized carbons (Fsp3) is 0.357. The number of hydrogen-bond donors (Lipinski definition) is 4. The summed E-state index contributed by atoms with van der Waals surface area (Å²) >= 11 is 12.2. The van der Waals surface area contributed by atoms with Gasteiger partial charge in [0.15, 0.2) is 0 Å². The Morgan fingerprint density at radius 2 is 1.63 bits per heavy atom. The molecule has 38 heavy (non-hydrogen) atoms. The molecule has 0 radical (unpaired) electrons. The number of halogens is 2. The van der Waals surface area contributed by atoms with Gasteiger partial charge in [0.25, 0.3) is 5.91 Å². The average molecular weight is 561 g/mol. The van der Waals surface area contributed by atoms with Crippen molar-refractivity contribution in [2.24, 2.45) is 16.7 Å². The minimum absolute atomic E-state index is 0.0367. The molecule has 3 rings (SSSR count). The smallest absolute Gasteiger partial charge is 0.327 e. The van der Waals surface area contributed by atoms with Crippen LogP contribution in [0.2, 0.25) is 10.0 Å². The number of hydrogen-bond acceptors (Lipinski definition) is 4. The van der Waals surface area contributed by atoms with Crippen LogP contribution in [0.15, 0.2) is 54.6 Å². The lowest BCUT2D eigenvalue weighted by molar-refractivity contribution is -0.143. The van der Waals surface area contributed by atoms with Crippen LogP contribution in [0.4, 0.5) is 5.69 Å². The van der Waals surface area contributed by atoms with E-state index >= 15 is 0 Å². The van der Waals surface area contributed by atoms with Gasteiger partial charge in [-0.05, 0) is 53.5 Å². The molecule has 1 aliphatic carbocycles. The lowest BCUT2D eigenvalue weighted by atomic mass is 9.65. The van der Waals surface area contributed by atoms with E-state index in [0.717, 1.165) is 6.08 Å². The first-order valence-electron chi connectivity index (χ1n) is 12.0. The standard InChI is InChI=1S/C28H30Cl2N2O6/c1-27(2)18(11-13-28(27,3)14-12-22(33)34)24(35)32-21(26(37)38)15-16-7-9-17(10-8-16)31-25(36)23-19(29)5-4-6-20(23)30/h4-10,12,14,18,21H,11,13,15H2,1-3H3,(H,31,36)(H,32,35)(H,33,34)(H,37,38)/t18-,21?,28-/m1/s1.